The number of benzene rings is 2. The van der Waals surface area contributed by atoms with E-state index < -0.39 is 0 Å². The van der Waals surface area contributed by atoms with Gasteiger partial charge in [-0.1, -0.05) is 62.3 Å². The van der Waals surface area contributed by atoms with Crippen LogP contribution in [-0.2, 0) is 16.8 Å². The molecular formula is C26H32N4O2. The molecule has 1 fully saturated rings. The minimum Gasteiger partial charge on any atom is -0.338 e. The van der Waals surface area contributed by atoms with Crippen molar-refractivity contribution in [3.8, 4) is 11.4 Å². The second-order valence-electron chi connectivity index (χ2n) is 9.75. The fourth-order valence-electron chi connectivity index (χ4n) is 4.07. The Hall–Kier alpha value is -2.99. The maximum absolute atomic E-state index is 12.6. The molecule has 6 heteroatoms. The molecule has 0 aliphatic carbocycles. The normalized spacial score (nSPS) is 15.6. The molecule has 1 aliphatic heterocycles. The molecule has 3 aromatic rings. The van der Waals surface area contributed by atoms with Gasteiger partial charge in [0.2, 0.25) is 17.6 Å². The summed E-state index contributed by atoms with van der Waals surface area (Å²) in [5.74, 6) is 1.37. The van der Waals surface area contributed by atoms with Crippen LogP contribution in [0.25, 0.3) is 11.4 Å². The highest BCUT2D eigenvalue weighted by molar-refractivity contribution is 5.92. The molecule has 2 aromatic carbocycles. The highest BCUT2D eigenvalue weighted by Crippen LogP contribution is 2.26. The zero-order chi connectivity index (χ0) is 22.7. The number of aromatic nitrogens is 2. The van der Waals surface area contributed by atoms with Crippen LogP contribution in [0.5, 0.6) is 0 Å². The zero-order valence-electron chi connectivity index (χ0n) is 19.4. The van der Waals surface area contributed by atoms with Crippen LogP contribution in [0.3, 0.4) is 0 Å². The molecule has 1 saturated heterocycles. The Labute approximate surface area is 190 Å². The number of rotatable bonds is 5. The summed E-state index contributed by atoms with van der Waals surface area (Å²) in [6.45, 7) is 10.9. The number of amides is 1. The summed E-state index contributed by atoms with van der Waals surface area (Å²) in [6.07, 6.45) is 1.65. The van der Waals surface area contributed by atoms with Gasteiger partial charge in [0.1, 0.15) is 0 Å². The second kappa shape index (κ2) is 9.25. The van der Waals surface area contributed by atoms with Crippen molar-refractivity contribution in [3.05, 3.63) is 65.5 Å². The van der Waals surface area contributed by atoms with Crippen molar-refractivity contribution in [1.82, 2.24) is 15.0 Å². The van der Waals surface area contributed by atoms with Crippen LogP contribution in [0.15, 0.2) is 53.1 Å². The van der Waals surface area contributed by atoms with Gasteiger partial charge in [0.15, 0.2) is 0 Å². The molecule has 168 valence electrons. The lowest BCUT2D eigenvalue weighted by Gasteiger charge is -2.30. The third-order valence-corrected chi connectivity index (χ3v) is 6.08. The number of hydrogen-bond acceptors (Lipinski definition) is 5. The summed E-state index contributed by atoms with van der Waals surface area (Å²) < 4.78 is 5.50. The van der Waals surface area contributed by atoms with Crippen LogP contribution in [0.2, 0.25) is 0 Å². The maximum Gasteiger partial charge on any atom is 0.241 e. The van der Waals surface area contributed by atoms with Crippen LogP contribution in [0.4, 0.5) is 5.69 Å². The number of carbonyl (C=O) groups excluding carboxylic acids is 1. The van der Waals surface area contributed by atoms with Crippen molar-refractivity contribution in [2.24, 2.45) is 5.92 Å². The molecule has 0 bridgehead atoms. The second-order valence-corrected chi connectivity index (χ2v) is 9.75. The Balaban J connectivity index is 1.29. The van der Waals surface area contributed by atoms with E-state index in [4.69, 9.17) is 4.52 Å². The lowest BCUT2D eigenvalue weighted by molar-refractivity contribution is -0.121. The summed E-state index contributed by atoms with van der Waals surface area (Å²) in [5, 5.41) is 7.22. The summed E-state index contributed by atoms with van der Waals surface area (Å²) >= 11 is 0. The van der Waals surface area contributed by atoms with Crippen molar-refractivity contribution >= 4 is 11.6 Å². The summed E-state index contributed by atoms with van der Waals surface area (Å²) in [5.41, 5.74) is 4.36. The fraction of sp³-hybridized carbons (Fsp3) is 0.423. The molecule has 1 aromatic heterocycles. The Morgan fingerprint density at radius 1 is 1.12 bits per heavy atom. The van der Waals surface area contributed by atoms with Crippen LogP contribution in [0.1, 0.15) is 50.6 Å². The Bertz CT molecular complexity index is 1060. The first-order valence-corrected chi connectivity index (χ1v) is 11.3. The molecule has 1 amide bonds. The lowest BCUT2D eigenvalue weighted by Crippen LogP contribution is -2.37. The van der Waals surface area contributed by atoms with Crippen molar-refractivity contribution < 1.29 is 9.32 Å². The standard InChI is InChI=1S/C26H32N4O2/c1-18-6-5-7-22(16-18)27-25(31)20-12-14-30(15-13-20)17-23-28-24(29-32-23)19-8-10-21(11-9-19)26(2,3)4/h5-11,16,20H,12-15,17H2,1-4H3,(H,27,31). The third kappa shape index (κ3) is 5.43. The van der Waals surface area contributed by atoms with E-state index >= 15 is 0 Å². The van der Waals surface area contributed by atoms with E-state index in [0.29, 0.717) is 18.3 Å². The van der Waals surface area contributed by atoms with Gasteiger partial charge in [-0.3, -0.25) is 9.69 Å². The number of carbonyl (C=O) groups is 1. The molecule has 0 atom stereocenters. The molecule has 32 heavy (non-hydrogen) atoms. The van der Waals surface area contributed by atoms with Crippen LogP contribution >= 0.6 is 0 Å². The third-order valence-electron chi connectivity index (χ3n) is 6.08. The van der Waals surface area contributed by atoms with Crippen molar-refractivity contribution in [2.75, 3.05) is 18.4 Å². The Morgan fingerprint density at radius 3 is 2.50 bits per heavy atom. The highest BCUT2D eigenvalue weighted by atomic mass is 16.5. The molecular weight excluding hydrogens is 400 g/mol. The number of hydrogen-bond donors (Lipinski definition) is 1. The van der Waals surface area contributed by atoms with E-state index in [1.807, 2.05) is 43.3 Å². The van der Waals surface area contributed by atoms with Gasteiger partial charge >= 0.3 is 0 Å². The van der Waals surface area contributed by atoms with Gasteiger partial charge in [-0.05, 0) is 61.5 Å². The van der Waals surface area contributed by atoms with Gasteiger partial charge in [0.25, 0.3) is 0 Å². The van der Waals surface area contributed by atoms with Crippen molar-refractivity contribution in [1.29, 1.82) is 0 Å². The number of anilines is 1. The summed E-state index contributed by atoms with van der Waals surface area (Å²) in [4.78, 5) is 19.5. The molecule has 0 radical (unpaired) electrons. The van der Waals surface area contributed by atoms with Gasteiger partial charge in [-0.15, -0.1) is 0 Å². The van der Waals surface area contributed by atoms with Gasteiger partial charge < -0.3 is 9.84 Å². The largest absolute Gasteiger partial charge is 0.338 e. The first kappa shape index (κ1) is 22.2. The Kier molecular flexibility index (Phi) is 6.42. The predicted octanol–water partition coefficient (Wildman–Crippen LogP) is 5.19. The lowest BCUT2D eigenvalue weighted by atomic mass is 9.87. The molecule has 0 unspecified atom stereocenters. The predicted molar refractivity (Wildman–Crippen MR) is 126 cm³/mol. The molecule has 0 spiro atoms. The van der Waals surface area contributed by atoms with Gasteiger partial charge in [0.05, 0.1) is 6.54 Å². The van der Waals surface area contributed by atoms with E-state index in [1.54, 1.807) is 0 Å². The minimum absolute atomic E-state index is 0.0336. The molecule has 0 saturated carbocycles. The monoisotopic (exact) mass is 432 g/mol. The van der Waals surface area contributed by atoms with E-state index in [1.165, 1.54) is 5.56 Å². The number of nitrogens with zero attached hydrogens (tertiary/aromatic N) is 3. The first-order valence-electron chi connectivity index (χ1n) is 11.3. The van der Waals surface area contributed by atoms with Crippen LogP contribution in [0, 0.1) is 12.8 Å². The molecule has 4 rings (SSSR count). The van der Waals surface area contributed by atoms with Gasteiger partial charge in [-0.25, -0.2) is 0 Å². The Morgan fingerprint density at radius 2 is 1.84 bits per heavy atom. The fourth-order valence-corrected chi connectivity index (χ4v) is 4.07. The quantitative estimate of drug-likeness (QED) is 0.600. The SMILES string of the molecule is Cc1cccc(NC(=O)C2CCN(Cc3nc(-c4ccc(C(C)(C)C)cc4)no3)CC2)c1. The van der Waals surface area contributed by atoms with Gasteiger partial charge in [-0.2, -0.15) is 4.98 Å². The average Bonchev–Trinajstić information content (AvgIpc) is 3.22. The zero-order valence-corrected chi connectivity index (χ0v) is 19.4. The van der Waals surface area contributed by atoms with Crippen LogP contribution < -0.4 is 5.32 Å². The van der Waals surface area contributed by atoms with E-state index in [9.17, 15) is 4.79 Å². The van der Waals surface area contributed by atoms with Gasteiger partial charge in [0, 0.05) is 17.2 Å². The topological polar surface area (TPSA) is 71.3 Å². The minimum atomic E-state index is 0.0336. The molecule has 1 N–H and O–H groups in total. The highest BCUT2D eigenvalue weighted by Gasteiger charge is 2.26. The first-order chi connectivity index (χ1) is 15.3. The van der Waals surface area contributed by atoms with E-state index in [2.05, 4.69) is 53.3 Å². The number of nitrogens with one attached hydrogen (secondary N) is 1. The molecule has 1 aliphatic rings. The molecule has 6 nitrogen and oxygen atoms in total. The molecule has 2 heterocycles. The van der Waals surface area contributed by atoms with Crippen molar-refractivity contribution in [3.63, 3.8) is 0 Å². The number of likely N-dealkylation sites (tertiary alicyclic amines) is 1. The van der Waals surface area contributed by atoms with Crippen molar-refractivity contribution in [2.45, 2.75) is 52.5 Å². The summed E-state index contributed by atoms with van der Waals surface area (Å²) in [6, 6.07) is 16.3. The van der Waals surface area contributed by atoms with Crippen LogP contribution in [-0.4, -0.2) is 34.0 Å². The number of aryl methyl sites for hydroxylation is 1. The van der Waals surface area contributed by atoms with E-state index in [-0.39, 0.29) is 17.2 Å². The average molecular weight is 433 g/mol. The van der Waals surface area contributed by atoms with E-state index in [0.717, 1.165) is 42.7 Å². The summed E-state index contributed by atoms with van der Waals surface area (Å²) in [7, 11) is 0. The maximum atomic E-state index is 12.6. The smallest absolute Gasteiger partial charge is 0.241 e. The number of piperidine rings is 1.